The van der Waals surface area contributed by atoms with Gasteiger partial charge in [0.15, 0.2) is 0 Å². The summed E-state index contributed by atoms with van der Waals surface area (Å²) in [5, 5.41) is 14.1. The van der Waals surface area contributed by atoms with E-state index in [0.29, 0.717) is 16.5 Å². The highest BCUT2D eigenvalue weighted by molar-refractivity contribution is 8.00. The molecular formula is C19H15ClN2O4S. The molecule has 0 aliphatic rings. The molecule has 6 nitrogen and oxygen atoms in total. The van der Waals surface area contributed by atoms with Crippen LogP contribution >= 0.6 is 23.4 Å². The van der Waals surface area contributed by atoms with Gasteiger partial charge >= 0.3 is 0 Å². The smallest absolute Gasteiger partial charge is 0.269 e. The van der Waals surface area contributed by atoms with Crippen molar-refractivity contribution in [1.82, 2.24) is 5.32 Å². The van der Waals surface area contributed by atoms with Gasteiger partial charge in [-0.15, -0.1) is 11.8 Å². The Hall–Kier alpha value is -2.77. The lowest BCUT2D eigenvalue weighted by molar-refractivity contribution is -0.384. The SMILES string of the molecule is O=C(CSc1ccc([N+](=O)[O-])cc1)NCc1ccc(-c2ccc(Cl)cc2)o1. The summed E-state index contributed by atoms with van der Waals surface area (Å²) in [4.78, 5) is 22.9. The van der Waals surface area contributed by atoms with Crippen molar-refractivity contribution < 1.29 is 14.1 Å². The van der Waals surface area contributed by atoms with Crippen molar-refractivity contribution >= 4 is 35.0 Å². The fourth-order valence-electron chi connectivity index (χ4n) is 2.29. The fourth-order valence-corrected chi connectivity index (χ4v) is 3.15. The number of hydrogen-bond acceptors (Lipinski definition) is 5. The molecule has 0 saturated carbocycles. The first kappa shape index (κ1) is 19.0. The van der Waals surface area contributed by atoms with Gasteiger partial charge in [-0.3, -0.25) is 14.9 Å². The summed E-state index contributed by atoms with van der Waals surface area (Å²) >= 11 is 7.18. The Kier molecular flexibility index (Phi) is 6.16. The number of amides is 1. The van der Waals surface area contributed by atoms with Gasteiger partial charge in [0.05, 0.1) is 17.2 Å². The number of benzene rings is 2. The van der Waals surface area contributed by atoms with Crippen molar-refractivity contribution in [2.24, 2.45) is 0 Å². The van der Waals surface area contributed by atoms with E-state index in [-0.39, 0.29) is 23.9 Å². The molecule has 3 aromatic rings. The maximum absolute atomic E-state index is 12.0. The van der Waals surface area contributed by atoms with Crippen molar-refractivity contribution in [2.75, 3.05) is 5.75 Å². The normalized spacial score (nSPS) is 10.6. The molecule has 2 aromatic carbocycles. The highest BCUT2D eigenvalue weighted by Gasteiger charge is 2.09. The van der Waals surface area contributed by atoms with Crippen LogP contribution < -0.4 is 5.32 Å². The molecule has 0 atom stereocenters. The Labute approximate surface area is 164 Å². The van der Waals surface area contributed by atoms with Gasteiger partial charge in [-0.2, -0.15) is 0 Å². The van der Waals surface area contributed by atoms with Crippen molar-refractivity contribution in [1.29, 1.82) is 0 Å². The molecule has 0 aliphatic carbocycles. The van der Waals surface area contributed by atoms with Crippen LogP contribution in [0.15, 0.2) is 70.0 Å². The molecule has 138 valence electrons. The lowest BCUT2D eigenvalue weighted by atomic mass is 10.2. The van der Waals surface area contributed by atoms with Crippen LogP contribution in [-0.4, -0.2) is 16.6 Å². The average Bonchev–Trinajstić information content (AvgIpc) is 3.14. The summed E-state index contributed by atoms with van der Waals surface area (Å²) in [6.45, 7) is 0.285. The van der Waals surface area contributed by atoms with Crippen LogP contribution in [0.1, 0.15) is 5.76 Å². The van der Waals surface area contributed by atoms with E-state index in [4.69, 9.17) is 16.0 Å². The third kappa shape index (κ3) is 5.35. The number of halogens is 1. The van der Waals surface area contributed by atoms with Gasteiger partial charge in [-0.1, -0.05) is 11.6 Å². The van der Waals surface area contributed by atoms with Crippen LogP contribution in [-0.2, 0) is 11.3 Å². The van der Waals surface area contributed by atoms with Crippen molar-refractivity contribution in [3.8, 4) is 11.3 Å². The van der Waals surface area contributed by atoms with Gasteiger partial charge in [0.2, 0.25) is 5.91 Å². The van der Waals surface area contributed by atoms with Gasteiger partial charge in [-0.05, 0) is 48.5 Å². The van der Waals surface area contributed by atoms with E-state index in [1.165, 1.54) is 23.9 Å². The molecule has 1 N–H and O–H groups in total. The number of nitrogens with zero attached hydrogens (tertiary/aromatic N) is 1. The van der Waals surface area contributed by atoms with Crippen LogP contribution in [0.2, 0.25) is 5.02 Å². The molecule has 0 aliphatic heterocycles. The predicted octanol–water partition coefficient (Wildman–Crippen LogP) is 4.92. The minimum atomic E-state index is -0.456. The maximum atomic E-state index is 12.0. The zero-order valence-electron chi connectivity index (χ0n) is 14.1. The molecule has 0 fully saturated rings. The summed E-state index contributed by atoms with van der Waals surface area (Å²) in [7, 11) is 0. The Bertz CT molecular complexity index is 939. The Morgan fingerprint density at radius 3 is 2.44 bits per heavy atom. The fraction of sp³-hybridized carbons (Fsp3) is 0.105. The van der Waals surface area contributed by atoms with E-state index in [2.05, 4.69) is 5.32 Å². The van der Waals surface area contributed by atoms with Crippen LogP contribution in [0.3, 0.4) is 0 Å². The monoisotopic (exact) mass is 402 g/mol. The highest BCUT2D eigenvalue weighted by Crippen LogP contribution is 2.24. The van der Waals surface area contributed by atoms with Gasteiger partial charge < -0.3 is 9.73 Å². The van der Waals surface area contributed by atoms with Crippen LogP contribution in [0, 0.1) is 10.1 Å². The number of rotatable bonds is 7. The number of furan rings is 1. The van der Waals surface area contributed by atoms with E-state index >= 15 is 0 Å². The third-order valence-electron chi connectivity index (χ3n) is 3.67. The minimum Gasteiger partial charge on any atom is -0.459 e. The Morgan fingerprint density at radius 1 is 1.07 bits per heavy atom. The Morgan fingerprint density at radius 2 is 1.78 bits per heavy atom. The number of nitro groups is 1. The largest absolute Gasteiger partial charge is 0.459 e. The van der Waals surface area contributed by atoms with E-state index in [1.54, 1.807) is 24.3 Å². The van der Waals surface area contributed by atoms with Crippen LogP contribution in [0.5, 0.6) is 0 Å². The molecular weight excluding hydrogens is 388 g/mol. The van der Waals surface area contributed by atoms with Crippen molar-refractivity contribution in [3.63, 3.8) is 0 Å². The number of nitro benzene ring substituents is 1. The van der Waals surface area contributed by atoms with E-state index < -0.39 is 4.92 Å². The molecule has 1 heterocycles. The zero-order valence-corrected chi connectivity index (χ0v) is 15.6. The molecule has 0 spiro atoms. The summed E-state index contributed by atoms with van der Waals surface area (Å²) in [6.07, 6.45) is 0. The molecule has 8 heteroatoms. The second-order valence-electron chi connectivity index (χ2n) is 5.59. The van der Waals surface area contributed by atoms with E-state index in [9.17, 15) is 14.9 Å². The molecule has 0 bridgehead atoms. The topological polar surface area (TPSA) is 85.4 Å². The quantitative estimate of drug-likeness (QED) is 0.344. The number of non-ortho nitro benzene ring substituents is 1. The number of thioether (sulfide) groups is 1. The summed E-state index contributed by atoms with van der Waals surface area (Å²) < 4.78 is 5.73. The number of nitrogens with one attached hydrogen (secondary N) is 1. The third-order valence-corrected chi connectivity index (χ3v) is 4.93. The Balaban J connectivity index is 1.48. The molecule has 0 radical (unpaired) electrons. The van der Waals surface area contributed by atoms with E-state index in [1.807, 2.05) is 24.3 Å². The molecule has 1 aromatic heterocycles. The van der Waals surface area contributed by atoms with Crippen LogP contribution in [0.4, 0.5) is 5.69 Å². The second-order valence-corrected chi connectivity index (χ2v) is 7.07. The lowest BCUT2D eigenvalue weighted by Gasteiger charge is -2.04. The van der Waals surface area contributed by atoms with Crippen molar-refractivity contribution in [2.45, 2.75) is 11.4 Å². The first-order valence-electron chi connectivity index (χ1n) is 8.00. The molecule has 0 saturated heterocycles. The molecule has 0 unspecified atom stereocenters. The highest BCUT2D eigenvalue weighted by atomic mass is 35.5. The number of carbonyl (C=O) groups excluding carboxylic acids is 1. The van der Waals surface area contributed by atoms with Gasteiger partial charge in [0.25, 0.3) is 5.69 Å². The molecule has 27 heavy (non-hydrogen) atoms. The average molecular weight is 403 g/mol. The zero-order chi connectivity index (χ0) is 19.2. The first-order chi connectivity index (χ1) is 13.0. The molecule has 1 amide bonds. The maximum Gasteiger partial charge on any atom is 0.269 e. The predicted molar refractivity (Wildman–Crippen MR) is 105 cm³/mol. The standard InChI is InChI=1S/C19H15ClN2O4S/c20-14-3-1-13(2-4-14)18-10-7-16(26-18)11-21-19(23)12-27-17-8-5-15(6-9-17)22(24)25/h1-10H,11-12H2,(H,21,23). The minimum absolute atomic E-state index is 0.0260. The second kappa shape index (κ2) is 8.75. The summed E-state index contributed by atoms with van der Waals surface area (Å²) in [6, 6.07) is 17.1. The van der Waals surface area contributed by atoms with Gasteiger partial charge in [-0.25, -0.2) is 0 Å². The van der Waals surface area contributed by atoms with Crippen molar-refractivity contribution in [3.05, 3.63) is 81.6 Å². The number of hydrogen-bond donors (Lipinski definition) is 1. The lowest BCUT2D eigenvalue weighted by Crippen LogP contribution is -2.24. The van der Waals surface area contributed by atoms with Gasteiger partial charge in [0.1, 0.15) is 11.5 Å². The van der Waals surface area contributed by atoms with Crippen LogP contribution in [0.25, 0.3) is 11.3 Å². The van der Waals surface area contributed by atoms with Gasteiger partial charge in [0, 0.05) is 27.6 Å². The summed E-state index contributed by atoms with van der Waals surface area (Å²) in [5.74, 6) is 1.41. The first-order valence-corrected chi connectivity index (χ1v) is 9.36. The summed E-state index contributed by atoms with van der Waals surface area (Å²) in [5.41, 5.74) is 0.934. The number of carbonyl (C=O) groups is 1. The molecule has 3 rings (SSSR count). The van der Waals surface area contributed by atoms with E-state index in [0.717, 1.165) is 10.5 Å².